The highest BCUT2D eigenvalue weighted by atomic mass is 35.5. The average Bonchev–Trinajstić information content (AvgIpc) is 2.64. The zero-order valence-corrected chi connectivity index (χ0v) is 17.4. The Morgan fingerprint density at radius 2 is 1.89 bits per heavy atom. The largest absolute Gasteiger partial charge is 0.287 e. The van der Waals surface area contributed by atoms with E-state index in [0.717, 1.165) is 24.0 Å². The minimum atomic E-state index is -3.29. The molecule has 0 spiro atoms. The summed E-state index contributed by atoms with van der Waals surface area (Å²) in [7, 11) is -3.29. The van der Waals surface area contributed by atoms with Crippen LogP contribution in [0.2, 0.25) is 5.02 Å². The normalized spacial score (nSPS) is 16.6. The van der Waals surface area contributed by atoms with Gasteiger partial charge in [0.2, 0.25) is 0 Å². The number of nitrogens with zero attached hydrogens (tertiary/aromatic N) is 2. The Balaban J connectivity index is 1.89. The molecule has 8 heteroatoms. The summed E-state index contributed by atoms with van der Waals surface area (Å²) in [4.78, 5) is 19.4. The summed E-state index contributed by atoms with van der Waals surface area (Å²) in [6.07, 6.45) is 2.01. The van der Waals surface area contributed by atoms with E-state index in [2.05, 4.69) is 4.99 Å². The molecular weight excluding hydrogens is 404 g/mol. The lowest BCUT2D eigenvalue weighted by molar-refractivity contribution is 0.0849. The second kappa shape index (κ2) is 8.04. The highest BCUT2D eigenvalue weighted by molar-refractivity contribution is 8.13. The van der Waals surface area contributed by atoms with E-state index in [-0.39, 0.29) is 10.8 Å². The van der Waals surface area contributed by atoms with Gasteiger partial charge in [-0.05, 0) is 55.3 Å². The minimum absolute atomic E-state index is 0.190. The molecule has 1 heterocycles. The molecule has 1 amide bonds. The average molecular weight is 423 g/mol. The maximum atomic E-state index is 12.9. The number of carbonyl (C=O) groups is 1. The van der Waals surface area contributed by atoms with Crippen LogP contribution >= 0.6 is 23.4 Å². The van der Waals surface area contributed by atoms with E-state index in [1.54, 1.807) is 23.1 Å². The summed E-state index contributed by atoms with van der Waals surface area (Å²) in [6, 6.07) is 11.5. The number of thioether (sulfide) groups is 1. The van der Waals surface area contributed by atoms with Crippen molar-refractivity contribution in [2.75, 3.05) is 18.6 Å². The Morgan fingerprint density at radius 1 is 1.19 bits per heavy atom. The molecule has 3 rings (SSSR count). The summed E-state index contributed by atoms with van der Waals surface area (Å²) in [5.74, 6) is 0.689. The fourth-order valence-corrected chi connectivity index (χ4v) is 4.36. The first kappa shape index (κ1) is 19.9. The zero-order valence-electron chi connectivity index (χ0n) is 15.0. The van der Waals surface area contributed by atoms with Crippen LogP contribution in [-0.4, -0.2) is 42.9 Å². The molecule has 0 aromatic heterocycles. The van der Waals surface area contributed by atoms with Gasteiger partial charge in [0.15, 0.2) is 15.0 Å². The van der Waals surface area contributed by atoms with Crippen molar-refractivity contribution in [2.24, 2.45) is 4.99 Å². The van der Waals surface area contributed by atoms with E-state index in [1.165, 1.54) is 23.9 Å². The summed E-state index contributed by atoms with van der Waals surface area (Å²) in [5.41, 5.74) is 2.09. The van der Waals surface area contributed by atoms with Crippen molar-refractivity contribution in [3.8, 4) is 0 Å². The molecule has 0 bridgehead atoms. The smallest absolute Gasteiger partial charge is 0.259 e. The predicted octanol–water partition coefficient (Wildman–Crippen LogP) is 4.32. The van der Waals surface area contributed by atoms with Crippen molar-refractivity contribution >= 4 is 50.0 Å². The molecule has 5 nitrogen and oxygen atoms in total. The first-order chi connectivity index (χ1) is 12.8. The molecule has 0 radical (unpaired) electrons. The fourth-order valence-electron chi connectivity index (χ4n) is 2.60. The Morgan fingerprint density at radius 3 is 2.52 bits per heavy atom. The first-order valence-electron chi connectivity index (χ1n) is 8.35. The van der Waals surface area contributed by atoms with Crippen LogP contribution in [0.5, 0.6) is 0 Å². The van der Waals surface area contributed by atoms with Gasteiger partial charge in [0.05, 0.1) is 10.6 Å². The summed E-state index contributed by atoms with van der Waals surface area (Å²) >= 11 is 7.69. The van der Waals surface area contributed by atoms with E-state index in [0.29, 0.717) is 28.0 Å². The van der Waals surface area contributed by atoms with Crippen LogP contribution in [0, 0.1) is 6.92 Å². The number of hydrogen-bond donors (Lipinski definition) is 0. The summed E-state index contributed by atoms with van der Waals surface area (Å²) in [5, 5.41) is 1.25. The van der Waals surface area contributed by atoms with Gasteiger partial charge in [-0.1, -0.05) is 29.4 Å². The Hall–Kier alpha value is -1.83. The van der Waals surface area contributed by atoms with Gasteiger partial charge in [-0.2, -0.15) is 0 Å². The van der Waals surface area contributed by atoms with Crippen LogP contribution < -0.4 is 0 Å². The number of halogens is 1. The number of benzene rings is 2. The van der Waals surface area contributed by atoms with Gasteiger partial charge in [0, 0.05) is 29.1 Å². The molecule has 1 fully saturated rings. The molecule has 0 atom stereocenters. The maximum Gasteiger partial charge on any atom is 0.259 e. The Bertz CT molecular complexity index is 1000. The molecule has 1 aliphatic rings. The quantitative estimate of drug-likeness (QED) is 0.738. The highest BCUT2D eigenvalue weighted by Crippen LogP contribution is 2.27. The van der Waals surface area contributed by atoms with Crippen LogP contribution in [0.15, 0.2) is 52.4 Å². The Labute approximate surface area is 168 Å². The third-order valence-electron chi connectivity index (χ3n) is 4.14. The van der Waals surface area contributed by atoms with Crippen molar-refractivity contribution in [3.63, 3.8) is 0 Å². The second-order valence-electron chi connectivity index (χ2n) is 6.28. The molecule has 1 aliphatic heterocycles. The van der Waals surface area contributed by atoms with Crippen LogP contribution in [0.3, 0.4) is 0 Å². The number of rotatable bonds is 3. The van der Waals surface area contributed by atoms with Crippen LogP contribution in [0.4, 0.5) is 5.69 Å². The van der Waals surface area contributed by atoms with Gasteiger partial charge >= 0.3 is 0 Å². The SMILES string of the molecule is Cc1ccc(N=C2SCCCN2C(=O)c2ccc(S(C)(=O)=O)cc2)cc1Cl. The van der Waals surface area contributed by atoms with E-state index < -0.39 is 9.84 Å². The molecule has 0 unspecified atom stereocenters. The van der Waals surface area contributed by atoms with Gasteiger partial charge in [-0.25, -0.2) is 13.4 Å². The van der Waals surface area contributed by atoms with Gasteiger partial charge < -0.3 is 0 Å². The van der Waals surface area contributed by atoms with Gasteiger partial charge in [0.1, 0.15) is 0 Å². The zero-order chi connectivity index (χ0) is 19.6. The topological polar surface area (TPSA) is 66.8 Å². The second-order valence-corrected chi connectivity index (χ2v) is 9.77. The van der Waals surface area contributed by atoms with Crippen molar-refractivity contribution in [1.29, 1.82) is 0 Å². The van der Waals surface area contributed by atoms with Crippen molar-refractivity contribution < 1.29 is 13.2 Å². The molecule has 0 aliphatic carbocycles. The number of sulfone groups is 1. The molecule has 142 valence electrons. The standard InChI is InChI=1S/C19H19ClN2O3S2/c1-13-4-7-15(12-17(13)20)21-19-22(10-3-11-26-19)18(23)14-5-8-16(9-6-14)27(2,24)25/h4-9,12H,3,10-11H2,1-2H3. The third-order valence-corrected chi connectivity index (χ3v) is 6.74. The molecule has 1 saturated heterocycles. The van der Waals surface area contributed by atoms with E-state index >= 15 is 0 Å². The summed E-state index contributed by atoms with van der Waals surface area (Å²) < 4.78 is 23.2. The Kier molecular flexibility index (Phi) is 5.93. The van der Waals surface area contributed by atoms with Crippen LogP contribution in [0.25, 0.3) is 0 Å². The third kappa shape index (κ3) is 4.72. The lowest BCUT2D eigenvalue weighted by Gasteiger charge is -2.28. The van der Waals surface area contributed by atoms with Crippen molar-refractivity contribution in [1.82, 2.24) is 4.90 Å². The number of amides is 1. The number of amidine groups is 1. The molecule has 0 saturated carbocycles. The minimum Gasteiger partial charge on any atom is -0.287 e. The van der Waals surface area contributed by atoms with Gasteiger partial charge in [0.25, 0.3) is 5.91 Å². The lowest BCUT2D eigenvalue weighted by Crippen LogP contribution is -2.39. The molecular formula is C19H19ClN2O3S2. The van der Waals surface area contributed by atoms with E-state index in [4.69, 9.17) is 11.6 Å². The number of aryl methyl sites for hydroxylation is 1. The first-order valence-corrected chi connectivity index (χ1v) is 11.6. The number of aliphatic imine (C=N–C) groups is 1. The van der Waals surface area contributed by atoms with Crippen molar-refractivity contribution in [2.45, 2.75) is 18.2 Å². The highest BCUT2D eigenvalue weighted by Gasteiger charge is 2.25. The maximum absolute atomic E-state index is 12.9. The monoisotopic (exact) mass is 422 g/mol. The van der Waals surface area contributed by atoms with E-state index in [1.807, 2.05) is 19.1 Å². The van der Waals surface area contributed by atoms with Gasteiger partial charge in [-0.15, -0.1) is 0 Å². The predicted molar refractivity (Wildman–Crippen MR) is 111 cm³/mol. The number of carbonyl (C=O) groups excluding carboxylic acids is 1. The fraction of sp³-hybridized carbons (Fsp3) is 0.263. The molecule has 2 aromatic carbocycles. The lowest BCUT2D eigenvalue weighted by atomic mass is 10.2. The van der Waals surface area contributed by atoms with Crippen molar-refractivity contribution in [3.05, 3.63) is 58.6 Å². The molecule has 0 N–H and O–H groups in total. The van der Waals surface area contributed by atoms with Gasteiger partial charge in [-0.3, -0.25) is 9.69 Å². The van der Waals surface area contributed by atoms with E-state index in [9.17, 15) is 13.2 Å². The molecule has 27 heavy (non-hydrogen) atoms. The number of hydrogen-bond acceptors (Lipinski definition) is 5. The van der Waals surface area contributed by atoms with Crippen LogP contribution in [-0.2, 0) is 9.84 Å². The van der Waals surface area contributed by atoms with Crippen LogP contribution in [0.1, 0.15) is 22.3 Å². The summed E-state index contributed by atoms with van der Waals surface area (Å²) in [6.45, 7) is 2.49. The molecule has 2 aromatic rings.